The number of carbonyl (C=O) groups is 2. The second-order valence-corrected chi connectivity index (χ2v) is 20.6. The van der Waals surface area contributed by atoms with Crippen LogP contribution in [0.2, 0.25) is 0 Å². The van der Waals surface area contributed by atoms with Gasteiger partial charge in [-0.05, 0) is 89.9 Å². The van der Waals surface area contributed by atoms with Gasteiger partial charge in [0.25, 0.3) is 0 Å². The fraction of sp³-hybridized carbons (Fsp3) is 0.710. The van der Waals surface area contributed by atoms with E-state index in [1.165, 1.54) is 109 Å². The van der Waals surface area contributed by atoms with Crippen LogP contribution in [0.3, 0.4) is 0 Å². The Morgan fingerprint density at radius 1 is 0.431 bits per heavy atom. The highest BCUT2D eigenvalue weighted by molar-refractivity contribution is 7.47. The molecule has 0 aliphatic heterocycles. The van der Waals surface area contributed by atoms with Crippen LogP contribution in [0, 0.1) is 0 Å². The molecule has 0 radical (unpaired) electrons. The fourth-order valence-electron chi connectivity index (χ4n) is 7.91. The zero-order valence-electron chi connectivity index (χ0n) is 46.1. The quantitative estimate of drug-likeness (QED) is 0.0264. The lowest BCUT2D eigenvalue weighted by Gasteiger charge is -2.19. The van der Waals surface area contributed by atoms with Crippen molar-refractivity contribution in [3.63, 3.8) is 0 Å². The van der Waals surface area contributed by atoms with Crippen molar-refractivity contribution in [2.45, 2.75) is 258 Å². The third-order valence-electron chi connectivity index (χ3n) is 12.2. The molecule has 0 saturated heterocycles. The number of hydrogen-bond donors (Lipinski definition) is 2. The minimum Gasteiger partial charge on any atom is -0.462 e. The van der Waals surface area contributed by atoms with E-state index < -0.39 is 32.5 Å². The number of ether oxygens (including phenoxy) is 2. The second kappa shape index (κ2) is 57.2. The van der Waals surface area contributed by atoms with E-state index in [4.69, 9.17) is 24.3 Å². The zero-order chi connectivity index (χ0) is 52.4. The third kappa shape index (κ3) is 56.2. The molecule has 2 unspecified atom stereocenters. The van der Waals surface area contributed by atoms with E-state index in [1.54, 1.807) is 0 Å². The second-order valence-electron chi connectivity index (χ2n) is 19.1. The summed E-state index contributed by atoms with van der Waals surface area (Å²) in [5, 5.41) is 0. The highest BCUT2D eigenvalue weighted by Gasteiger charge is 2.26. The van der Waals surface area contributed by atoms with Crippen molar-refractivity contribution < 1.29 is 37.6 Å². The summed E-state index contributed by atoms with van der Waals surface area (Å²) in [6.45, 7) is 3.55. The van der Waals surface area contributed by atoms with Gasteiger partial charge in [-0.25, -0.2) is 4.57 Å². The Balaban J connectivity index is 3.77. The van der Waals surface area contributed by atoms with Gasteiger partial charge in [0, 0.05) is 19.4 Å². The van der Waals surface area contributed by atoms with Gasteiger partial charge in [0.05, 0.1) is 13.2 Å². The maximum Gasteiger partial charge on any atom is 0.472 e. The molecule has 0 rings (SSSR count). The molecule has 2 atom stereocenters. The molecule has 0 saturated carbocycles. The van der Waals surface area contributed by atoms with Gasteiger partial charge in [-0.1, -0.05) is 246 Å². The van der Waals surface area contributed by atoms with Crippen molar-refractivity contribution >= 4 is 19.8 Å². The molecule has 10 heteroatoms. The molecule has 0 aliphatic carbocycles. The Hall–Kier alpha value is -3.07. The van der Waals surface area contributed by atoms with Crippen molar-refractivity contribution in [1.29, 1.82) is 0 Å². The zero-order valence-corrected chi connectivity index (χ0v) is 47.0. The molecule has 0 aliphatic rings. The number of carbonyl (C=O) groups excluding carboxylic acids is 2. The average molecular weight is 1030 g/mol. The molecule has 0 fully saturated rings. The number of hydrogen-bond acceptors (Lipinski definition) is 8. The van der Waals surface area contributed by atoms with Crippen molar-refractivity contribution in [2.75, 3.05) is 26.4 Å². The third-order valence-corrected chi connectivity index (χ3v) is 13.2. The largest absolute Gasteiger partial charge is 0.472 e. The fourth-order valence-corrected chi connectivity index (χ4v) is 8.68. The van der Waals surface area contributed by atoms with Crippen LogP contribution < -0.4 is 5.73 Å². The number of rotatable bonds is 54. The lowest BCUT2D eigenvalue weighted by molar-refractivity contribution is -0.161. The van der Waals surface area contributed by atoms with E-state index in [2.05, 4.69) is 111 Å². The van der Waals surface area contributed by atoms with Crippen LogP contribution in [-0.2, 0) is 32.7 Å². The molecule has 0 bridgehead atoms. The van der Waals surface area contributed by atoms with E-state index in [0.29, 0.717) is 6.42 Å². The molecule has 0 aromatic heterocycles. The number of unbranched alkanes of at least 4 members (excludes halogenated alkanes) is 25. The maximum absolute atomic E-state index is 12.7. The first-order valence-electron chi connectivity index (χ1n) is 29.2. The highest BCUT2D eigenvalue weighted by atomic mass is 31.2. The van der Waals surface area contributed by atoms with Crippen molar-refractivity contribution in [3.05, 3.63) is 97.2 Å². The van der Waals surface area contributed by atoms with Gasteiger partial charge in [0.2, 0.25) is 0 Å². The van der Waals surface area contributed by atoms with Crippen LogP contribution in [0.25, 0.3) is 0 Å². The lowest BCUT2D eigenvalue weighted by atomic mass is 10.0. The molecule has 9 nitrogen and oxygen atoms in total. The summed E-state index contributed by atoms with van der Waals surface area (Å²) in [6.07, 6.45) is 76.5. The summed E-state index contributed by atoms with van der Waals surface area (Å²) < 4.78 is 32.9. The van der Waals surface area contributed by atoms with E-state index >= 15 is 0 Å². The minimum atomic E-state index is -4.38. The predicted octanol–water partition coefficient (Wildman–Crippen LogP) is 18.5. The number of allylic oxidation sites excluding steroid dienone is 16. The number of esters is 2. The molecular weight excluding hydrogens is 918 g/mol. The Morgan fingerprint density at radius 3 is 1.15 bits per heavy atom. The molecule has 0 aromatic rings. The van der Waals surface area contributed by atoms with Gasteiger partial charge in [0.15, 0.2) is 6.10 Å². The SMILES string of the molecule is CC/C=C\C/C=C\C/C=C\C/C=C\C/C=C\C/C=C\C/C=C\CCCCCCCCCCCCCCCCCCCCCC(=O)OC(COC(=O)CCCCCCC/C=C\CCC)COP(=O)(O)OCCN. The Kier molecular flexibility index (Phi) is 54.8. The van der Waals surface area contributed by atoms with Crippen LogP contribution in [0.4, 0.5) is 0 Å². The van der Waals surface area contributed by atoms with Crippen molar-refractivity contribution in [3.8, 4) is 0 Å². The van der Waals surface area contributed by atoms with Gasteiger partial charge in [-0.2, -0.15) is 0 Å². The normalized spacial score (nSPS) is 13.8. The molecular formula is C62H108NO8P. The van der Waals surface area contributed by atoms with Crippen molar-refractivity contribution in [2.24, 2.45) is 5.73 Å². The van der Waals surface area contributed by atoms with Crippen LogP contribution in [-0.4, -0.2) is 49.3 Å². The topological polar surface area (TPSA) is 134 Å². The first-order chi connectivity index (χ1) is 35.3. The summed E-state index contributed by atoms with van der Waals surface area (Å²) in [6, 6.07) is 0. The minimum absolute atomic E-state index is 0.0507. The van der Waals surface area contributed by atoms with Gasteiger partial charge in [0.1, 0.15) is 6.61 Å². The monoisotopic (exact) mass is 1030 g/mol. The van der Waals surface area contributed by atoms with Gasteiger partial charge >= 0.3 is 19.8 Å². The Labute approximate surface area is 442 Å². The van der Waals surface area contributed by atoms with Gasteiger partial charge < -0.3 is 20.1 Å². The van der Waals surface area contributed by atoms with E-state index in [9.17, 15) is 19.0 Å². The summed E-state index contributed by atoms with van der Waals surface area (Å²) in [4.78, 5) is 35.0. The maximum atomic E-state index is 12.7. The first-order valence-corrected chi connectivity index (χ1v) is 30.7. The highest BCUT2D eigenvalue weighted by Crippen LogP contribution is 2.43. The number of phosphoric acid groups is 1. The molecule has 414 valence electrons. The van der Waals surface area contributed by atoms with Crippen molar-refractivity contribution in [1.82, 2.24) is 0 Å². The lowest BCUT2D eigenvalue weighted by Crippen LogP contribution is -2.29. The molecule has 72 heavy (non-hydrogen) atoms. The van der Waals surface area contributed by atoms with Crippen LogP contribution >= 0.6 is 7.82 Å². The number of phosphoric ester groups is 1. The molecule has 0 aromatic carbocycles. The Bertz CT molecular complexity index is 1500. The van der Waals surface area contributed by atoms with Crippen LogP contribution in [0.15, 0.2) is 97.2 Å². The van der Waals surface area contributed by atoms with E-state index in [0.717, 1.165) is 109 Å². The smallest absolute Gasteiger partial charge is 0.462 e. The molecule has 3 N–H and O–H groups in total. The summed E-state index contributed by atoms with van der Waals surface area (Å²) >= 11 is 0. The molecule has 0 spiro atoms. The predicted molar refractivity (Wildman–Crippen MR) is 307 cm³/mol. The van der Waals surface area contributed by atoms with Crippen LogP contribution in [0.5, 0.6) is 0 Å². The summed E-state index contributed by atoms with van der Waals surface area (Å²) in [5.41, 5.74) is 5.36. The van der Waals surface area contributed by atoms with Gasteiger partial charge in [-0.3, -0.25) is 18.6 Å². The first kappa shape index (κ1) is 68.9. The summed E-state index contributed by atoms with van der Waals surface area (Å²) in [5.74, 6) is -0.838. The standard InChI is InChI=1S/C62H108NO8P/c1-3-5-7-9-11-13-15-16-17-18-19-20-21-22-23-24-25-26-27-28-29-30-31-32-33-34-35-36-37-38-39-40-41-42-43-44-45-47-49-51-53-55-62(65)71-60(59-70-72(66,67)69-57-56-63)58-68-61(64)54-52-50-48-46-14-12-10-8-6-4-2/h5,7-8,10-11,13,16-17,19-20,22-23,25-26,28-29,60H,3-4,6,9,12,14-15,18,21,24,27,30-59,63H2,1-2H3,(H,66,67)/b7-5-,10-8-,13-11-,17-16-,20-19-,23-22-,26-25-,29-28-. The van der Waals surface area contributed by atoms with E-state index in [-0.39, 0.29) is 32.6 Å². The molecule has 0 amide bonds. The van der Waals surface area contributed by atoms with Gasteiger partial charge in [-0.15, -0.1) is 0 Å². The summed E-state index contributed by atoms with van der Waals surface area (Å²) in [7, 11) is -4.38. The molecule has 0 heterocycles. The average Bonchev–Trinajstić information content (AvgIpc) is 3.37. The number of nitrogens with two attached hydrogens (primary N) is 1. The van der Waals surface area contributed by atoms with Crippen LogP contribution in [0.1, 0.15) is 251 Å². The van der Waals surface area contributed by atoms with E-state index in [1.807, 2.05) is 0 Å². The Morgan fingerprint density at radius 2 is 0.764 bits per heavy atom.